The topological polar surface area (TPSA) is 158 Å². The molecule has 4 rings (SSSR count). The van der Waals surface area contributed by atoms with Gasteiger partial charge in [-0.15, -0.1) is 0 Å². The van der Waals surface area contributed by atoms with Gasteiger partial charge in [0, 0.05) is 25.5 Å². The summed E-state index contributed by atoms with van der Waals surface area (Å²) in [6.07, 6.45) is 2.16. The molecule has 1 aliphatic carbocycles. The molecular formula is C30H38N4O8. The molecule has 2 aliphatic rings. The van der Waals surface area contributed by atoms with E-state index in [2.05, 4.69) is 32.4 Å². The summed E-state index contributed by atoms with van der Waals surface area (Å²) in [6.45, 7) is 5.69. The summed E-state index contributed by atoms with van der Waals surface area (Å²) >= 11 is 0. The van der Waals surface area contributed by atoms with E-state index >= 15 is 0 Å². The molecule has 12 heteroatoms. The van der Waals surface area contributed by atoms with Crippen molar-refractivity contribution in [2.24, 2.45) is 11.3 Å². The number of esters is 1. The van der Waals surface area contributed by atoms with E-state index in [1.165, 1.54) is 7.11 Å². The third kappa shape index (κ3) is 8.00. The zero-order valence-electron chi connectivity index (χ0n) is 24.6. The van der Waals surface area contributed by atoms with Gasteiger partial charge < -0.3 is 34.7 Å². The standard InChI is InChI=1S/C30H38N4O8/c1-30(2,3)25(27(35)36)34-29(38)42-24-13-17(24)9-7-6-8-10-21-26(41-19-15-23(31-16-19)28(37)40-5)33-22-14-18(39-4)11-12-20(22)32-21/h11-12,14,17,19,23-25,31H,6-7,9,13,15-16H2,1-5H3,(H,34,38)(H,35,36)/t17-,19-,23?,24-,25-/m1/s1. The Morgan fingerprint density at radius 2 is 1.95 bits per heavy atom. The van der Waals surface area contributed by atoms with E-state index in [1.54, 1.807) is 40.0 Å². The number of amides is 1. The SMILES string of the molecule is COC(=O)C1C[C@@H](Oc2nc3cc(OC)ccc3nc2C#CCCC[C@@H]2C[C@H]2OC(=O)N[C@H](C(=O)O)C(C)(C)C)CN1. The minimum Gasteiger partial charge on any atom is -0.497 e. The molecule has 12 nitrogen and oxygen atoms in total. The number of ether oxygens (including phenoxy) is 4. The van der Waals surface area contributed by atoms with Crippen LogP contribution in [0.4, 0.5) is 4.79 Å². The van der Waals surface area contributed by atoms with Crippen LogP contribution in [0.25, 0.3) is 11.0 Å². The number of methoxy groups -OCH3 is 2. The number of rotatable bonds is 10. The Labute approximate surface area is 244 Å². The summed E-state index contributed by atoms with van der Waals surface area (Å²) in [5, 5.41) is 14.9. The van der Waals surface area contributed by atoms with E-state index in [0.29, 0.717) is 41.9 Å². The third-order valence-corrected chi connectivity index (χ3v) is 7.27. The number of aliphatic carboxylic acids is 1. The lowest BCUT2D eigenvalue weighted by Gasteiger charge is -2.27. The van der Waals surface area contributed by atoms with Gasteiger partial charge >= 0.3 is 18.0 Å². The van der Waals surface area contributed by atoms with Gasteiger partial charge in [-0.1, -0.05) is 26.7 Å². The van der Waals surface area contributed by atoms with Crippen LogP contribution in [0.5, 0.6) is 11.6 Å². The highest BCUT2D eigenvalue weighted by atomic mass is 16.6. The van der Waals surface area contributed by atoms with Crippen molar-refractivity contribution in [1.82, 2.24) is 20.6 Å². The number of nitrogens with one attached hydrogen (secondary N) is 2. The summed E-state index contributed by atoms with van der Waals surface area (Å²) in [4.78, 5) is 44.9. The molecule has 1 aromatic carbocycles. The maximum atomic E-state index is 12.2. The van der Waals surface area contributed by atoms with Crippen LogP contribution in [0.2, 0.25) is 0 Å². The van der Waals surface area contributed by atoms with Crippen LogP contribution in [0.15, 0.2) is 18.2 Å². The van der Waals surface area contributed by atoms with Gasteiger partial charge in [0.25, 0.3) is 0 Å². The Morgan fingerprint density at radius 1 is 1.17 bits per heavy atom. The second kappa shape index (κ2) is 13.2. The summed E-state index contributed by atoms with van der Waals surface area (Å²) in [5.74, 6) is 5.97. The summed E-state index contributed by atoms with van der Waals surface area (Å²) < 4.78 is 21.7. The number of carboxylic acid groups (broad SMARTS) is 1. The maximum Gasteiger partial charge on any atom is 0.408 e. The van der Waals surface area contributed by atoms with Crippen LogP contribution < -0.4 is 20.1 Å². The van der Waals surface area contributed by atoms with Crippen molar-refractivity contribution in [3.63, 3.8) is 0 Å². The lowest BCUT2D eigenvalue weighted by atomic mass is 9.87. The Bertz CT molecular complexity index is 1380. The van der Waals surface area contributed by atoms with E-state index < -0.39 is 29.6 Å². The quantitative estimate of drug-likeness (QED) is 0.215. The van der Waals surface area contributed by atoms with Crippen LogP contribution in [-0.2, 0) is 19.1 Å². The van der Waals surface area contributed by atoms with Gasteiger partial charge in [-0.3, -0.25) is 4.79 Å². The first kappa shape index (κ1) is 30.8. The van der Waals surface area contributed by atoms with Crippen molar-refractivity contribution >= 4 is 29.1 Å². The lowest BCUT2D eigenvalue weighted by molar-refractivity contribution is -0.143. The van der Waals surface area contributed by atoms with E-state index in [-0.39, 0.29) is 30.0 Å². The first-order chi connectivity index (χ1) is 20.0. The number of aromatic nitrogens is 2. The number of alkyl carbamates (subject to hydrolysis) is 1. The Balaban J connectivity index is 1.33. The molecule has 2 fully saturated rings. The van der Waals surface area contributed by atoms with Crippen molar-refractivity contribution in [3.8, 4) is 23.5 Å². The van der Waals surface area contributed by atoms with Crippen molar-refractivity contribution < 1.29 is 38.4 Å². The summed E-state index contributed by atoms with van der Waals surface area (Å²) in [6, 6.07) is 3.91. The molecule has 1 saturated heterocycles. The van der Waals surface area contributed by atoms with Crippen LogP contribution in [0.3, 0.4) is 0 Å². The fourth-order valence-electron chi connectivity index (χ4n) is 4.79. The highest BCUT2D eigenvalue weighted by Gasteiger charge is 2.41. The van der Waals surface area contributed by atoms with Gasteiger partial charge in [-0.2, -0.15) is 0 Å². The van der Waals surface area contributed by atoms with E-state index in [0.717, 1.165) is 19.3 Å². The molecule has 1 amide bonds. The highest BCUT2D eigenvalue weighted by molar-refractivity contribution is 5.81. The van der Waals surface area contributed by atoms with Crippen LogP contribution in [-0.4, -0.2) is 78.2 Å². The van der Waals surface area contributed by atoms with Crippen LogP contribution in [0.1, 0.15) is 58.6 Å². The van der Waals surface area contributed by atoms with Crippen LogP contribution in [0, 0.1) is 23.2 Å². The molecule has 2 heterocycles. The molecule has 2 aromatic rings. The largest absolute Gasteiger partial charge is 0.497 e. The normalized spacial score (nSPS) is 21.9. The molecule has 1 aliphatic heterocycles. The average molecular weight is 583 g/mol. The van der Waals surface area contributed by atoms with Crippen molar-refractivity contribution in [3.05, 3.63) is 23.9 Å². The molecular weight excluding hydrogens is 544 g/mol. The smallest absolute Gasteiger partial charge is 0.408 e. The summed E-state index contributed by atoms with van der Waals surface area (Å²) in [5.41, 5.74) is 1.02. The Hall–Kier alpha value is -4.11. The number of unbranched alkanes of at least 4 members (excludes halogenated alkanes) is 1. The number of carbonyl (C=O) groups is 3. The number of hydrogen-bond acceptors (Lipinski definition) is 10. The van der Waals surface area contributed by atoms with E-state index in [4.69, 9.17) is 18.9 Å². The predicted molar refractivity (Wildman–Crippen MR) is 152 cm³/mol. The molecule has 3 N–H and O–H groups in total. The number of fused-ring (bicyclic) bond motifs is 1. The molecule has 226 valence electrons. The molecule has 1 aromatic heterocycles. The van der Waals surface area contributed by atoms with E-state index in [9.17, 15) is 19.5 Å². The fourth-order valence-corrected chi connectivity index (χ4v) is 4.79. The van der Waals surface area contributed by atoms with Gasteiger partial charge in [-0.05, 0) is 48.6 Å². The van der Waals surface area contributed by atoms with Crippen molar-refractivity contribution in [1.29, 1.82) is 0 Å². The zero-order chi connectivity index (χ0) is 30.4. The number of hydrogen-bond donors (Lipinski definition) is 3. The van der Waals surface area contributed by atoms with Crippen molar-refractivity contribution in [2.75, 3.05) is 20.8 Å². The Morgan fingerprint density at radius 3 is 2.64 bits per heavy atom. The molecule has 1 unspecified atom stereocenters. The molecule has 1 saturated carbocycles. The molecule has 5 atom stereocenters. The van der Waals surface area contributed by atoms with Crippen molar-refractivity contribution in [2.45, 2.75) is 77.2 Å². The minimum atomic E-state index is -1.10. The van der Waals surface area contributed by atoms with Gasteiger partial charge in [0.05, 0.1) is 25.3 Å². The van der Waals surface area contributed by atoms with Gasteiger partial charge in [0.15, 0.2) is 5.69 Å². The monoisotopic (exact) mass is 582 g/mol. The summed E-state index contributed by atoms with van der Waals surface area (Å²) in [7, 11) is 2.93. The highest BCUT2D eigenvalue weighted by Crippen LogP contribution is 2.38. The Kier molecular flexibility index (Phi) is 9.73. The van der Waals surface area contributed by atoms with Gasteiger partial charge in [0.2, 0.25) is 5.88 Å². The van der Waals surface area contributed by atoms with Gasteiger partial charge in [-0.25, -0.2) is 19.6 Å². The minimum absolute atomic E-state index is 0.218. The predicted octanol–water partition coefficient (Wildman–Crippen LogP) is 3.06. The third-order valence-electron chi connectivity index (χ3n) is 7.27. The average Bonchev–Trinajstić information content (AvgIpc) is 3.50. The first-order valence-electron chi connectivity index (χ1n) is 14.0. The fraction of sp³-hybridized carbons (Fsp3) is 0.567. The number of carbonyl (C=O) groups excluding carboxylic acids is 2. The van der Waals surface area contributed by atoms with E-state index in [1.807, 2.05) is 6.07 Å². The van der Waals surface area contributed by atoms with Crippen LogP contribution >= 0.6 is 0 Å². The number of carboxylic acids is 1. The van der Waals surface area contributed by atoms with Gasteiger partial charge in [0.1, 0.15) is 30.0 Å². The zero-order valence-corrected chi connectivity index (χ0v) is 24.6. The second-order valence-electron chi connectivity index (χ2n) is 11.6. The number of benzene rings is 1. The number of nitrogens with zero attached hydrogens (tertiary/aromatic N) is 2. The first-order valence-corrected chi connectivity index (χ1v) is 14.0. The molecule has 0 spiro atoms. The lowest BCUT2D eigenvalue weighted by Crippen LogP contribution is -2.49. The second-order valence-corrected chi connectivity index (χ2v) is 11.6. The molecule has 42 heavy (non-hydrogen) atoms. The maximum absolute atomic E-state index is 12.2. The molecule has 0 bridgehead atoms. The molecule has 0 radical (unpaired) electrons.